The first-order valence-corrected chi connectivity index (χ1v) is 9.21. The molecule has 0 aliphatic carbocycles. The molecule has 0 saturated heterocycles. The molecule has 8 nitrogen and oxygen atoms in total. The van der Waals surface area contributed by atoms with Gasteiger partial charge < -0.3 is 13.9 Å². The first-order chi connectivity index (χ1) is 14.9. The molecular weight excluding hydrogens is 415 g/mol. The Bertz CT molecular complexity index is 1060. The zero-order valence-corrected chi connectivity index (χ0v) is 16.3. The van der Waals surface area contributed by atoms with Gasteiger partial charge in [0, 0.05) is 5.56 Å². The van der Waals surface area contributed by atoms with Crippen LogP contribution >= 0.6 is 0 Å². The lowest BCUT2D eigenvalue weighted by Gasteiger charge is -2.08. The van der Waals surface area contributed by atoms with Crippen molar-refractivity contribution in [1.29, 1.82) is 0 Å². The van der Waals surface area contributed by atoms with Crippen LogP contribution in [-0.2, 0) is 12.8 Å². The van der Waals surface area contributed by atoms with Gasteiger partial charge >= 0.3 is 6.18 Å². The number of ether oxygens (including phenoxy) is 2. The second-order valence-corrected chi connectivity index (χ2v) is 6.57. The van der Waals surface area contributed by atoms with Crippen molar-refractivity contribution in [1.82, 2.24) is 21.5 Å². The maximum atomic E-state index is 12.7. The number of oxazole rings is 1. The van der Waals surface area contributed by atoms with Crippen LogP contribution in [0.25, 0.3) is 11.5 Å². The molecule has 1 aromatic heterocycles. The molecule has 0 saturated carbocycles. The Kier molecular flexibility index (Phi) is 5.67. The molecule has 1 aliphatic heterocycles. The van der Waals surface area contributed by atoms with Gasteiger partial charge in [-0.05, 0) is 55.5 Å². The van der Waals surface area contributed by atoms with Crippen molar-refractivity contribution in [3.05, 3.63) is 65.5 Å². The predicted molar refractivity (Wildman–Crippen MR) is 105 cm³/mol. The summed E-state index contributed by atoms with van der Waals surface area (Å²) < 4.78 is 55.1. The van der Waals surface area contributed by atoms with Crippen LogP contribution in [-0.4, -0.2) is 17.4 Å². The quantitative estimate of drug-likeness (QED) is 0.525. The average Bonchev–Trinajstić information content (AvgIpc) is 3.41. The highest BCUT2D eigenvalue weighted by Gasteiger charge is 2.30. The van der Waals surface area contributed by atoms with Crippen LogP contribution in [0.5, 0.6) is 11.5 Å². The molecular formula is C20H18F3N5O3. The molecule has 31 heavy (non-hydrogen) atoms. The van der Waals surface area contributed by atoms with E-state index >= 15 is 0 Å². The summed E-state index contributed by atoms with van der Waals surface area (Å²) in [6.45, 7) is 2.14. The van der Waals surface area contributed by atoms with Crippen molar-refractivity contribution in [3.63, 3.8) is 0 Å². The van der Waals surface area contributed by atoms with Crippen LogP contribution in [0, 0.1) is 6.92 Å². The number of halogens is 3. The third-order valence-electron chi connectivity index (χ3n) is 4.37. The molecule has 162 valence electrons. The summed E-state index contributed by atoms with van der Waals surface area (Å²) in [6, 6.07) is 11.7. The van der Waals surface area contributed by atoms with Crippen LogP contribution in [0.4, 0.5) is 13.2 Å². The number of amidine groups is 1. The smallest absolute Gasteiger partial charge is 0.416 e. The summed E-state index contributed by atoms with van der Waals surface area (Å²) in [7, 11) is 0. The summed E-state index contributed by atoms with van der Waals surface area (Å²) in [5.41, 5.74) is 8.26. The van der Waals surface area contributed by atoms with E-state index in [0.717, 1.165) is 12.1 Å². The van der Waals surface area contributed by atoms with Gasteiger partial charge in [-0.2, -0.15) is 13.2 Å². The molecule has 0 spiro atoms. The topological polar surface area (TPSA) is 92.9 Å². The maximum absolute atomic E-state index is 12.7. The highest BCUT2D eigenvalue weighted by molar-refractivity contribution is 5.83. The van der Waals surface area contributed by atoms with Crippen LogP contribution in [0.3, 0.4) is 0 Å². The first-order valence-electron chi connectivity index (χ1n) is 9.21. The Balaban J connectivity index is 1.35. The molecule has 11 heteroatoms. The van der Waals surface area contributed by atoms with Crippen molar-refractivity contribution in [3.8, 4) is 23.0 Å². The summed E-state index contributed by atoms with van der Waals surface area (Å²) in [4.78, 5) is 4.29. The van der Waals surface area contributed by atoms with Gasteiger partial charge in [0.15, 0.2) is 11.6 Å². The molecule has 3 N–H and O–H groups in total. The summed E-state index contributed by atoms with van der Waals surface area (Å²) >= 11 is 0. The van der Waals surface area contributed by atoms with Gasteiger partial charge in [-0.25, -0.2) is 10.5 Å². The van der Waals surface area contributed by atoms with Gasteiger partial charge in [-0.3, -0.25) is 5.43 Å². The first kappa shape index (κ1) is 20.5. The number of hydrazine groups is 2. The van der Waals surface area contributed by atoms with Crippen LogP contribution in [0.2, 0.25) is 0 Å². The van der Waals surface area contributed by atoms with E-state index in [1.165, 1.54) is 12.1 Å². The van der Waals surface area contributed by atoms with E-state index in [4.69, 9.17) is 13.9 Å². The zero-order valence-electron chi connectivity index (χ0n) is 16.3. The minimum atomic E-state index is -4.39. The van der Waals surface area contributed by atoms with E-state index in [0.29, 0.717) is 34.4 Å². The van der Waals surface area contributed by atoms with Gasteiger partial charge in [0.25, 0.3) is 0 Å². The fraction of sp³-hybridized carbons (Fsp3) is 0.200. The van der Waals surface area contributed by atoms with Crippen molar-refractivity contribution in [2.45, 2.75) is 19.7 Å². The molecule has 3 aromatic rings. The Morgan fingerprint density at radius 2 is 1.58 bits per heavy atom. The van der Waals surface area contributed by atoms with Crippen molar-refractivity contribution in [2.75, 3.05) is 6.61 Å². The van der Waals surface area contributed by atoms with Crippen molar-refractivity contribution >= 4 is 5.84 Å². The van der Waals surface area contributed by atoms with Crippen LogP contribution < -0.4 is 26.0 Å². The maximum Gasteiger partial charge on any atom is 0.416 e. The number of benzene rings is 2. The van der Waals surface area contributed by atoms with E-state index in [1.807, 2.05) is 0 Å². The molecule has 0 radical (unpaired) electrons. The summed E-state index contributed by atoms with van der Waals surface area (Å²) in [6.07, 6.45) is -4.39. The van der Waals surface area contributed by atoms with E-state index in [2.05, 4.69) is 26.6 Å². The fourth-order valence-electron chi connectivity index (χ4n) is 2.71. The number of hydrogen-bond donors (Lipinski definition) is 3. The third-order valence-corrected chi connectivity index (χ3v) is 4.37. The minimum Gasteiger partial charge on any atom is -0.486 e. The van der Waals surface area contributed by atoms with Crippen molar-refractivity contribution < 1.29 is 27.1 Å². The molecule has 2 heterocycles. The number of aromatic nitrogens is 1. The van der Waals surface area contributed by atoms with Gasteiger partial charge in [0.1, 0.15) is 24.7 Å². The second kappa shape index (κ2) is 8.56. The fourth-order valence-corrected chi connectivity index (χ4v) is 2.71. The molecule has 2 aromatic carbocycles. The third kappa shape index (κ3) is 5.07. The number of aryl methyl sites for hydroxylation is 1. The normalized spacial score (nSPS) is 13.4. The molecule has 4 rings (SSSR count). The lowest BCUT2D eigenvalue weighted by molar-refractivity contribution is -0.137. The van der Waals surface area contributed by atoms with Gasteiger partial charge in [-0.15, -0.1) is 10.6 Å². The number of nitrogens with one attached hydrogen (secondary N) is 3. The SMILES string of the molecule is Cc1nc(-c2ccc(C(F)(F)F)cc2)oc1COc1ccc(OCC2=NNNN2)cc1. The molecule has 0 bridgehead atoms. The molecule has 0 fully saturated rings. The zero-order chi connectivity index (χ0) is 21.8. The van der Waals surface area contributed by atoms with E-state index < -0.39 is 11.7 Å². The lowest BCUT2D eigenvalue weighted by Crippen LogP contribution is -2.37. The summed E-state index contributed by atoms with van der Waals surface area (Å²) in [5.74, 6) is 2.58. The standard InChI is InChI=1S/C20H18F3N5O3/c1-12-17(31-19(24-12)13-2-4-14(5-3-13)20(21,22)23)10-29-15-6-8-16(9-7-15)30-11-18-25-27-28-26-18/h2-9,27-28H,10-11H2,1H3,(H,25,26). The van der Waals surface area contributed by atoms with Crippen LogP contribution in [0.1, 0.15) is 17.0 Å². The van der Waals surface area contributed by atoms with Gasteiger partial charge in [-0.1, -0.05) is 0 Å². The average molecular weight is 433 g/mol. The summed E-state index contributed by atoms with van der Waals surface area (Å²) in [5, 5.41) is 3.91. The van der Waals surface area contributed by atoms with E-state index in [-0.39, 0.29) is 19.1 Å². The number of rotatable bonds is 7. The number of alkyl halides is 3. The highest BCUT2D eigenvalue weighted by Crippen LogP contribution is 2.31. The van der Waals surface area contributed by atoms with E-state index in [9.17, 15) is 13.2 Å². The van der Waals surface area contributed by atoms with Gasteiger partial charge in [0.2, 0.25) is 5.89 Å². The Labute approximate surface area is 175 Å². The molecule has 0 amide bonds. The Hall–Kier alpha value is -3.73. The van der Waals surface area contributed by atoms with E-state index in [1.54, 1.807) is 31.2 Å². The van der Waals surface area contributed by atoms with Gasteiger partial charge in [0.05, 0.1) is 11.3 Å². The predicted octanol–water partition coefficient (Wildman–Crippen LogP) is 3.55. The number of nitrogens with zero attached hydrogens (tertiary/aromatic N) is 2. The highest BCUT2D eigenvalue weighted by atomic mass is 19.4. The molecule has 1 aliphatic rings. The monoisotopic (exact) mass is 433 g/mol. The van der Waals surface area contributed by atoms with Crippen LogP contribution in [0.15, 0.2) is 58.0 Å². The molecule has 0 unspecified atom stereocenters. The Morgan fingerprint density at radius 3 is 2.16 bits per heavy atom. The second-order valence-electron chi connectivity index (χ2n) is 6.57. The van der Waals surface area contributed by atoms with Crippen molar-refractivity contribution in [2.24, 2.45) is 5.10 Å². The Morgan fingerprint density at radius 1 is 0.935 bits per heavy atom. The largest absolute Gasteiger partial charge is 0.486 e. The minimum absolute atomic E-state index is 0.123. The number of hydrogen-bond acceptors (Lipinski definition) is 8. The number of hydrazone groups is 1. The lowest BCUT2D eigenvalue weighted by atomic mass is 10.1. The molecule has 0 atom stereocenters.